The summed E-state index contributed by atoms with van der Waals surface area (Å²) < 4.78 is 31.9. The highest BCUT2D eigenvalue weighted by molar-refractivity contribution is 7.89. The molecule has 0 bridgehead atoms. The van der Waals surface area contributed by atoms with Gasteiger partial charge in [-0.15, -0.1) is 0 Å². The third kappa shape index (κ3) is 7.95. The Hall–Kier alpha value is -0.860. The Bertz CT molecular complexity index is 537. The molecule has 0 aromatic carbocycles. The zero-order chi connectivity index (χ0) is 19.5. The van der Waals surface area contributed by atoms with Crippen LogP contribution in [0.2, 0.25) is 0 Å². The Balaban J connectivity index is 1.64. The van der Waals surface area contributed by atoms with Crippen LogP contribution in [0.4, 0.5) is 0 Å². The molecular weight excluding hydrogens is 364 g/mol. The highest BCUT2D eigenvalue weighted by Crippen LogP contribution is 2.19. The maximum Gasteiger partial charge on any atom is 0.214 e. The number of hydrogen-bond donors (Lipinski definition) is 2. The highest BCUT2D eigenvalue weighted by atomic mass is 32.2. The molecule has 2 rings (SSSR count). The largest absolute Gasteiger partial charge is 0.376 e. The van der Waals surface area contributed by atoms with Crippen molar-refractivity contribution in [1.29, 1.82) is 0 Å². The molecule has 27 heavy (non-hydrogen) atoms. The van der Waals surface area contributed by atoms with Crippen molar-refractivity contribution in [1.82, 2.24) is 14.9 Å². The molecule has 0 spiro atoms. The van der Waals surface area contributed by atoms with Gasteiger partial charge in [0.15, 0.2) is 5.96 Å². The zero-order valence-corrected chi connectivity index (χ0v) is 17.9. The van der Waals surface area contributed by atoms with E-state index in [2.05, 4.69) is 15.6 Å². The van der Waals surface area contributed by atoms with Crippen molar-refractivity contribution in [3.63, 3.8) is 0 Å². The highest BCUT2D eigenvalue weighted by Gasteiger charge is 2.27. The second kappa shape index (κ2) is 11.9. The smallest absolute Gasteiger partial charge is 0.214 e. The lowest BCUT2D eigenvalue weighted by atomic mass is 10.1. The van der Waals surface area contributed by atoms with Gasteiger partial charge in [0.2, 0.25) is 10.0 Å². The molecule has 0 unspecified atom stereocenters. The van der Waals surface area contributed by atoms with Gasteiger partial charge in [0.25, 0.3) is 0 Å². The lowest BCUT2D eigenvalue weighted by molar-refractivity contribution is 0.0467. The van der Waals surface area contributed by atoms with Crippen molar-refractivity contribution >= 4 is 16.0 Å². The predicted molar refractivity (Wildman–Crippen MR) is 111 cm³/mol. The van der Waals surface area contributed by atoms with Gasteiger partial charge in [-0.2, -0.15) is 0 Å². The topological polar surface area (TPSA) is 83.0 Å². The van der Waals surface area contributed by atoms with Crippen LogP contribution < -0.4 is 10.6 Å². The summed E-state index contributed by atoms with van der Waals surface area (Å²) in [6.07, 6.45) is 10.3. The van der Waals surface area contributed by atoms with Crippen molar-refractivity contribution in [2.45, 2.75) is 76.9 Å². The molecule has 2 aliphatic rings. The maximum absolute atomic E-state index is 12.2. The number of aliphatic imine (C=N–C) groups is 1. The number of rotatable bonds is 8. The summed E-state index contributed by atoms with van der Waals surface area (Å²) in [4.78, 5) is 4.29. The molecule has 8 heteroatoms. The Morgan fingerprint density at radius 3 is 2.37 bits per heavy atom. The number of ether oxygens (including phenoxy) is 1. The first-order valence-corrected chi connectivity index (χ1v) is 12.2. The molecule has 2 N–H and O–H groups in total. The van der Waals surface area contributed by atoms with E-state index >= 15 is 0 Å². The molecule has 2 fully saturated rings. The number of piperidine rings is 1. The summed E-state index contributed by atoms with van der Waals surface area (Å²) in [5.41, 5.74) is 0. The normalized spacial score (nSPS) is 21.8. The van der Waals surface area contributed by atoms with Crippen molar-refractivity contribution in [3.8, 4) is 0 Å². The van der Waals surface area contributed by atoms with E-state index in [4.69, 9.17) is 4.74 Å². The first kappa shape index (κ1) is 22.4. The quantitative estimate of drug-likeness (QED) is 0.281. The van der Waals surface area contributed by atoms with E-state index in [0.29, 0.717) is 32.2 Å². The van der Waals surface area contributed by atoms with Crippen molar-refractivity contribution in [2.24, 2.45) is 4.99 Å². The van der Waals surface area contributed by atoms with Gasteiger partial charge in [-0.3, -0.25) is 4.99 Å². The van der Waals surface area contributed by atoms with E-state index in [0.717, 1.165) is 25.3 Å². The van der Waals surface area contributed by atoms with Crippen LogP contribution in [0.25, 0.3) is 0 Å². The number of nitrogens with one attached hydrogen (secondary N) is 2. The molecule has 7 nitrogen and oxygen atoms in total. The summed E-state index contributed by atoms with van der Waals surface area (Å²) in [5.74, 6) is 1.02. The van der Waals surface area contributed by atoms with Gasteiger partial charge >= 0.3 is 0 Å². The van der Waals surface area contributed by atoms with E-state index < -0.39 is 10.0 Å². The number of sulfonamides is 1. The minimum absolute atomic E-state index is 0.245. The van der Waals surface area contributed by atoms with Crippen LogP contribution in [-0.2, 0) is 14.8 Å². The summed E-state index contributed by atoms with van der Waals surface area (Å²) >= 11 is 0. The summed E-state index contributed by atoms with van der Waals surface area (Å²) in [6.45, 7) is 4.50. The Labute approximate surface area is 165 Å². The van der Waals surface area contributed by atoms with Gasteiger partial charge < -0.3 is 15.4 Å². The standard InChI is InChI=1S/C19H38N4O3S/c1-3-16-27(24,25)23-13-10-17(11-14-23)22-19(20-2)21-12-15-26-18-8-6-4-5-7-9-18/h17-18H,3-16H2,1-2H3,(H2,20,21,22). The molecule has 1 aliphatic carbocycles. The molecule has 1 saturated heterocycles. The van der Waals surface area contributed by atoms with E-state index in [1.165, 1.54) is 38.5 Å². The van der Waals surface area contributed by atoms with E-state index in [-0.39, 0.29) is 11.8 Å². The van der Waals surface area contributed by atoms with Gasteiger partial charge in [0, 0.05) is 32.7 Å². The fourth-order valence-electron chi connectivity index (χ4n) is 3.86. The molecule has 1 aliphatic heterocycles. The van der Waals surface area contributed by atoms with Crippen LogP contribution in [0.15, 0.2) is 4.99 Å². The van der Waals surface area contributed by atoms with E-state index in [1.807, 2.05) is 6.92 Å². The molecule has 0 radical (unpaired) electrons. The molecule has 0 aromatic rings. The predicted octanol–water partition coefficient (Wildman–Crippen LogP) is 2.10. The summed E-state index contributed by atoms with van der Waals surface area (Å²) in [6, 6.07) is 0.257. The number of hydrogen-bond acceptors (Lipinski definition) is 4. The van der Waals surface area contributed by atoms with Gasteiger partial charge in [-0.05, 0) is 32.1 Å². The lowest BCUT2D eigenvalue weighted by Gasteiger charge is -2.32. The van der Waals surface area contributed by atoms with Gasteiger partial charge in [-0.25, -0.2) is 12.7 Å². The molecule has 158 valence electrons. The average molecular weight is 403 g/mol. The Morgan fingerprint density at radius 2 is 1.78 bits per heavy atom. The van der Waals surface area contributed by atoms with Crippen molar-refractivity contribution in [2.75, 3.05) is 39.0 Å². The third-order valence-electron chi connectivity index (χ3n) is 5.42. The molecule has 0 atom stereocenters. The number of guanidine groups is 1. The van der Waals surface area contributed by atoms with E-state index in [1.54, 1.807) is 11.4 Å². The Morgan fingerprint density at radius 1 is 1.11 bits per heavy atom. The molecule has 0 amide bonds. The van der Waals surface area contributed by atoms with Crippen molar-refractivity contribution in [3.05, 3.63) is 0 Å². The van der Waals surface area contributed by atoms with Crippen LogP contribution in [0.3, 0.4) is 0 Å². The summed E-state index contributed by atoms with van der Waals surface area (Å²) in [7, 11) is -1.31. The molecule has 0 aromatic heterocycles. The first-order chi connectivity index (χ1) is 13.0. The van der Waals surface area contributed by atoms with Gasteiger partial charge in [0.1, 0.15) is 0 Å². The summed E-state index contributed by atoms with van der Waals surface area (Å²) in [5, 5.41) is 6.74. The van der Waals surface area contributed by atoms with E-state index in [9.17, 15) is 8.42 Å². The van der Waals surface area contributed by atoms with Gasteiger partial charge in [0.05, 0.1) is 18.5 Å². The van der Waals surface area contributed by atoms with Crippen LogP contribution in [0.1, 0.15) is 64.7 Å². The third-order valence-corrected chi connectivity index (χ3v) is 7.50. The Kier molecular flexibility index (Phi) is 9.86. The lowest BCUT2D eigenvalue weighted by Crippen LogP contribution is -2.50. The minimum Gasteiger partial charge on any atom is -0.376 e. The van der Waals surface area contributed by atoms with Crippen molar-refractivity contribution < 1.29 is 13.2 Å². The fraction of sp³-hybridized carbons (Fsp3) is 0.947. The molecular formula is C19H38N4O3S. The number of nitrogens with zero attached hydrogens (tertiary/aromatic N) is 2. The zero-order valence-electron chi connectivity index (χ0n) is 17.1. The van der Waals surface area contributed by atoms with Crippen LogP contribution in [0, 0.1) is 0 Å². The SMILES string of the molecule is CCCS(=O)(=O)N1CCC(NC(=NC)NCCOC2CCCCCC2)CC1. The second-order valence-electron chi connectivity index (χ2n) is 7.62. The maximum atomic E-state index is 12.2. The average Bonchev–Trinajstić information content (AvgIpc) is 2.93. The monoisotopic (exact) mass is 402 g/mol. The van der Waals surface area contributed by atoms with Crippen LogP contribution >= 0.6 is 0 Å². The fourth-order valence-corrected chi connectivity index (χ4v) is 5.40. The van der Waals surface area contributed by atoms with Crippen LogP contribution in [0.5, 0.6) is 0 Å². The first-order valence-electron chi connectivity index (χ1n) is 10.6. The molecule has 1 heterocycles. The van der Waals surface area contributed by atoms with Gasteiger partial charge in [-0.1, -0.05) is 32.6 Å². The minimum atomic E-state index is -3.08. The molecule has 1 saturated carbocycles. The second-order valence-corrected chi connectivity index (χ2v) is 9.71. The van der Waals surface area contributed by atoms with Crippen LogP contribution in [-0.4, -0.2) is 69.9 Å².